The van der Waals surface area contributed by atoms with Gasteiger partial charge in [-0.15, -0.1) is 0 Å². The van der Waals surface area contributed by atoms with E-state index in [2.05, 4.69) is 6.92 Å². The van der Waals surface area contributed by atoms with Crippen molar-refractivity contribution < 1.29 is 9.90 Å². The summed E-state index contributed by atoms with van der Waals surface area (Å²) >= 11 is 0. The minimum atomic E-state index is -0.882. The molecule has 0 spiro atoms. The highest BCUT2D eigenvalue weighted by molar-refractivity contribution is 5.81. The SMILES string of the molecule is CCCC/C=C\C(C)=C\C(=O)O. The van der Waals surface area contributed by atoms with Gasteiger partial charge in [0.1, 0.15) is 0 Å². The number of carbonyl (C=O) groups is 1. The molecule has 0 rings (SSSR count). The van der Waals surface area contributed by atoms with Crippen molar-refractivity contribution in [3.8, 4) is 0 Å². The number of aliphatic carboxylic acids is 1. The summed E-state index contributed by atoms with van der Waals surface area (Å²) in [4.78, 5) is 10.2. The number of carboxylic acids is 1. The summed E-state index contributed by atoms with van der Waals surface area (Å²) in [6.45, 7) is 3.92. The Morgan fingerprint density at radius 3 is 2.67 bits per heavy atom. The highest BCUT2D eigenvalue weighted by Crippen LogP contribution is 1.99. The summed E-state index contributed by atoms with van der Waals surface area (Å²) in [5.41, 5.74) is 0.790. The maximum Gasteiger partial charge on any atom is 0.328 e. The van der Waals surface area contributed by atoms with E-state index in [1.165, 1.54) is 12.5 Å². The lowest BCUT2D eigenvalue weighted by atomic mass is 10.2. The van der Waals surface area contributed by atoms with E-state index in [1.807, 2.05) is 12.2 Å². The van der Waals surface area contributed by atoms with Gasteiger partial charge in [0.05, 0.1) is 0 Å². The molecule has 0 aliphatic heterocycles. The van der Waals surface area contributed by atoms with Crippen molar-refractivity contribution in [3.05, 3.63) is 23.8 Å². The molecular weight excluding hydrogens is 152 g/mol. The molecule has 0 aromatic rings. The van der Waals surface area contributed by atoms with Crippen LogP contribution in [0.4, 0.5) is 0 Å². The van der Waals surface area contributed by atoms with Crippen molar-refractivity contribution in [1.29, 1.82) is 0 Å². The zero-order valence-electron chi connectivity index (χ0n) is 7.71. The quantitative estimate of drug-likeness (QED) is 0.389. The Bertz CT molecular complexity index is 190. The molecule has 0 aliphatic carbocycles. The van der Waals surface area contributed by atoms with E-state index < -0.39 is 5.97 Å². The van der Waals surface area contributed by atoms with Gasteiger partial charge in [-0.25, -0.2) is 4.79 Å². The molecular formula is C10H16O2. The molecule has 0 heterocycles. The van der Waals surface area contributed by atoms with Crippen molar-refractivity contribution in [2.75, 3.05) is 0 Å². The van der Waals surface area contributed by atoms with E-state index in [0.717, 1.165) is 18.4 Å². The Labute approximate surface area is 73.6 Å². The first-order valence-electron chi connectivity index (χ1n) is 4.24. The van der Waals surface area contributed by atoms with Crippen molar-refractivity contribution in [1.82, 2.24) is 0 Å². The van der Waals surface area contributed by atoms with Crippen molar-refractivity contribution in [2.45, 2.75) is 33.1 Å². The van der Waals surface area contributed by atoms with Gasteiger partial charge < -0.3 is 5.11 Å². The largest absolute Gasteiger partial charge is 0.478 e. The summed E-state index contributed by atoms with van der Waals surface area (Å²) in [7, 11) is 0. The van der Waals surface area contributed by atoms with Gasteiger partial charge in [0.25, 0.3) is 0 Å². The highest BCUT2D eigenvalue weighted by Gasteiger charge is 1.88. The number of hydrogen-bond acceptors (Lipinski definition) is 1. The molecule has 0 aromatic heterocycles. The fourth-order valence-corrected chi connectivity index (χ4v) is 0.834. The lowest BCUT2D eigenvalue weighted by Gasteiger charge is -1.90. The second-order valence-electron chi connectivity index (χ2n) is 2.77. The maximum absolute atomic E-state index is 10.2. The first kappa shape index (κ1) is 11.0. The van der Waals surface area contributed by atoms with Gasteiger partial charge in [-0.2, -0.15) is 0 Å². The van der Waals surface area contributed by atoms with E-state index in [4.69, 9.17) is 5.11 Å². The average Bonchev–Trinajstić information content (AvgIpc) is 1.97. The first-order chi connectivity index (χ1) is 5.66. The van der Waals surface area contributed by atoms with Gasteiger partial charge >= 0.3 is 5.97 Å². The van der Waals surface area contributed by atoms with Gasteiger partial charge in [0.2, 0.25) is 0 Å². The number of rotatable bonds is 5. The summed E-state index contributed by atoms with van der Waals surface area (Å²) in [6, 6.07) is 0. The second-order valence-corrected chi connectivity index (χ2v) is 2.77. The molecule has 0 radical (unpaired) electrons. The van der Waals surface area contributed by atoms with Crippen LogP contribution in [0.15, 0.2) is 23.8 Å². The van der Waals surface area contributed by atoms with E-state index in [-0.39, 0.29) is 0 Å². The molecule has 2 heteroatoms. The van der Waals surface area contributed by atoms with Crippen LogP contribution in [0, 0.1) is 0 Å². The smallest absolute Gasteiger partial charge is 0.328 e. The van der Waals surface area contributed by atoms with Gasteiger partial charge in [-0.3, -0.25) is 0 Å². The van der Waals surface area contributed by atoms with Crippen LogP contribution < -0.4 is 0 Å². The minimum Gasteiger partial charge on any atom is -0.478 e. The van der Waals surface area contributed by atoms with Crippen LogP contribution in [0.1, 0.15) is 33.1 Å². The van der Waals surface area contributed by atoms with Crippen LogP contribution in [0.5, 0.6) is 0 Å². The van der Waals surface area contributed by atoms with E-state index in [9.17, 15) is 4.79 Å². The van der Waals surface area contributed by atoms with Crippen LogP contribution >= 0.6 is 0 Å². The highest BCUT2D eigenvalue weighted by atomic mass is 16.4. The maximum atomic E-state index is 10.2. The van der Waals surface area contributed by atoms with Crippen LogP contribution in [-0.4, -0.2) is 11.1 Å². The Morgan fingerprint density at radius 1 is 1.50 bits per heavy atom. The summed E-state index contributed by atoms with van der Waals surface area (Å²) < 4.78 is 0. The third-order valence-corrected chi connectivity index (χ3v) is 1.46. The van der Waals surface area contributed by atoms with E-state index in [0.29, 0.717) is 0 Å². The molecule has 12 heavy (non-hydrogen) atoms. The van der Waals surface area contributed by atoms with Gasteiger partial charge in [-0.1, -0.05) is 31.9 Å². The molecule has 0 unspecified atom stereocenters. The Morgan fingerprint density at radius 2 is 2.17 bits per heavy atom. The standard InChI is InChI=1S/C10H16O2/c1-3-4-5-6-7-9(2)8-10(11)12/h6-8H,3-5H2,1-2H3,(H,11,12)/b7-6-,9-8+. The fourth-order valence-electron chi connectivity index (χ4n) is 0.834. The van der Waals surface area contributed by atoms with Crippen LogP contribution in [0.25, 0.3) is 0 Å². The zero-order valence-corrected chi connectivity index (χ0v) is 7.71. The van der Waals surface area contributed by atoms with E-state index >= 15 is 0 Å². The predicted molar refractivity (Wildman–Crippen MR) is 50.1 cm³/mol. The van der Waals surface area contributed by atoms with Gasteiger partial charge in [-0.05, 0) is 18.9 Å². The Hall–Kier alpha value is -1.05. The van der Waals surface area contributed by atoms with Gasteiger partial charge in [0.15, 0.2) is 0 Å². The first-order valence-corrected chi connectivity index (χ1v) is 4.24. The number of carboxylic acid groups (broad SMARTS) is 1. The number of unbranched alkanes of at least 4 members (excludes halogenated alkanes) is 2. The molecule has 1 N–H and O–H groups in total. The lowest BCUT2D eigenvalue weighted by Crippen LogP contribution is -1.87. The fraction of sp³-hybridized carbons (Fsp3) is 0.500. The summed E-state index contributed by atoms with van der Waals surface area (Å²) in [5.74, 6) is -0.882. The predicted octanol–water partition coefficient (Wildman–Crippen LogP) is 2.76. The molecule has 0 aliphatic rings. The van der Waals surface area contributed by atoms with Crippen molar-refractivity contribution >= 4 is 5.97 Å². The van der Waals surface area contributed by atoms with Crippen molar-refractivity contribution in [2.24, 2.45) is 0 Å². The van der Waals surface area contributed by atoms with Crippen LogP contribution in [0.3, 0.4) is 0 Å². The third-order valence-electron chi connectivity index (χ3n) is 1.46. The van der Waals surface area contributed by atoms with Gasteiger partial charge in [0, 0.05) is 6.08 Å². The summed E-state index contributed by atoms with van der Waals surface area (Å²) in [5, 5.41) is 8.38. The molecule has 0 bridgehead atoms. The molecule has 0 saturated heterocycles. The molecule has 0 aromatic carbocycles. The van der Waals surface area contributed by atoms with E-state index in [1.54, 1.807) is 6.92 Å². The van der Waals surface area contributed by atoms with Crippen LogP contribution in [0.2, 0.25) is 0 Å². The molecule has 0 fully saturated rings. The minimum absolute atomic E-state index is 0.790. The molecule has 2 nitrogen and oxygen atoms in total. The normalized spacial score (nSPS) is 12.3. The Kier molecular flexibility index (Phi) is 6.07. The zero-order chi connectivity index (χ0) is 9.40. The summed E-state index contributed by atoms with van der Waals surface area (Å²) in [6.07, 6.45) is 8.44. The molecule has 0 atom stereocenters. The topological polar surface area (TPSA) is 37.3 Å². The Balaban J connectivity index is 3.74. The lowest BCUT2D eigenvalue weighted by molar-refractivity contribution is -0.131. The van der Waals surface area contributed by atoms with Crippen molar-refractivity contribution in [3.63, 3.8) is 0 Å². The molecule has 0 saturated carbocycles. The second kappa shape index (κ2) is 6.65. The third kappa shape index (κ3) is 7.06. The molecule has 0 amide bonds. The average molecular weight is 168 g/mol. The number of hydrogen-bond donors (Lipinski definition) is 1. The monoisotopic (exact) mass is 168 g/mol. The van der Waals surface area contributed by atoms with Crippen LogP contribution in [-0.2, 0) is 4.79 Å². The number of allylic oxidation sites excluding steroid dienone is 3. The molecule has 68 valence electrons.